The highest BCUT2D eigenvalue weighted by Crippen LogP contribution is 2.19. The van der Waals surface area contributed by atoms with Gasteiger partial charge < -0.3 is 4.42 Å². The van der Waals surface area contributed by atoms with Crippen molar-refractivity contribution in [2.75, 3.05) is 5.32 Å². The molecule has 7 heteroatoms. The molecule has 2 aromatic heterocycles. The number of hydrogen-bond acceptors (Lipinski definition) is 5. The van der Waals surface area contributed by atoms with Gasteiger partial charge >= 0.3 is 6.01 Å². The molecule has 0 aliphatic rings. The van der Waals surface area contributed by atoms with Crippen LogP contribution >= 0.6 is 15.9 Å². The summed E-state index contributed by atoms with van der Waals surface area (Å²) in [7, 11) is 0. The van der Waals surface area contributed by atoms with Gasteiger partial charge in [-0.1, -0.05) is 27.1 Å². The van der Waals surface area contributed by atoms with E-state index in [1.807, 2.05) is 6.07 Å². The lowest BCUT2D eigenvalue weighted by Crippen LogP contribution is -2.11. The summed E-state index contributed by atoms with van der Waals surface area (Å²) in [5, 5.41) is 10.2. The number of carbonyl (C=O) groups excluding carboxylic acids is 1. The first-order valence-corrected chi connectivity index (χ1v) is 6.82. The van der Waals surface area contributed by atoms with Gasteiger partial charge in [-0.05, 0) is 30.3 Å². The van der Waals surface area contributed by atoms with Gasteiger partial charge in [0, 0.05) is 28.0 Å². The molecule has 6 nitrogen and oxygen atoms in total. The van der Waals surface area contributed by atoms with Crippen LogP contribution in [-0.4, -0.2) is 21.1 Å². The van der Waals surface area contributed by atoms with Gasteiger partial charge in [-0.3, -0.25) is 15.1 Å². The van der Waals surface area contributed by atoms with E-state index in [1.54, 1.807) is 42.7 Å². The van der Waals surface area contributed by atoms with E-state index in [-0.39, 0.29) is 11.9 Å². The average Bonchev–Trinajstić information content (AvgIpc) is 2.97. The molecule has 0 fully saturated rings. The molecule has 0 aliphatic heterocycles. The van der Waals surface area contributed by atoms with Crippen LogP contribution in [0, 0.1) is 0 Å². The summed E-state index contributed by atoms with van der Waals surface area (Å²) in [4.78, 5) is 16.0. The molecular weight excluding hydrogens is 336 g/mol. The van der Waals surface area contributed by atoms with Crippen molar-refractivity contribution in [2.45, 2.75) is 0 Å². The highest BCUT2D eigenvalue weighted by molar-refractivity contribution is 9.10. The lowest BCUT2D eigenvalue weighted by atomic mass is 10.2. The molecule has 1 N–H and O–H groups in total. The molecule has 0 saturated heterocycles. The molecule has 2 heterocycles. The second-order valence-corrected chi connectivity index (χ2v) is 5.03. The van der Waals surface area contributed by atoms with Gasteiger partial charge in [0.15, 0.2) is 0 Å². The van der Waals surface area contributed by atoms with E-state index in [0.29, 0.717) is 11.5 Å². The van der Waals surface area contributed by atoms with Crippen LogP contribution in [0.1, 0.15) is 10.4 Å². The number of pyridine rings is 1. The molecule has 0 radical (unpaired) electrons. The first-order chi connectivity index (χ1) is 10.2. The summed E-state index contributed by atoms with van der Waals surface area (Å²) in [6.45, 7) is 0. The zero-order valence-electron chi connectivity index (χ0n) is 10.7. The maximum atomic E-state index is 12.0. The summed E-state index contributed by atoms with van der Waals surface area (Å²) >= 11 is 3.31. The molecule has 3 aromatic rings. The van der Waals surface area contributed by atoms with Crippen LogP contribution in [0.2, 0.25) is 0 Å². The summed E-state index contributed by atoms with van der Waals surface area (Å²) in [6.07, 6.45) is 3.25. The number of nitrogens with one attached hydrogen (secondary N) is 1. The SMILES string of the molecule is O=C(Nc1nnc(-c2ccncc2)o1)c1cccc(Br)c1. The van der Waals surface area contributed by atoms with Crippen LogP contribution in [0.5, 0.6) is 0 Å². The largest absolute Gasteiger partial charge is 0.403 e. The monoisotopic (exact) mass is 344 g/mol. The van der Waals surface area contributed by atoms with Crippen molar-refractivity contribution < 1.29 is 9.21 Å². The molecule has 21 heavy (non-hydrogen) atoms. The molecule has 1 aromatic carbocycles. The standard InChI is InChI=1S/C14H9BrN4O2/c15-11-3-1-2-10(8-11)12(20)17-14-19-18-13(21-14)9-4-6-16-7-5-9/h1-8H,(H,17,19,20). The quantitative estimate of drug-likeness (QED) is 0.789. The van der Waals surface area contributed by atoms with Gasteiger partial charge in [-0.25, -0.2) is 0 Å². The zero-order valence-corrected chi connectivity index (χ0v) is 12.2. The summed E-state index contributed by atoms with van der Waals surface area (Å²) in [6, 6.07) is 10.5. The third kappa shape index (κ3) is 3.14. The molecule has 0 unspecified atom stereocenters. The molecule has 1 amide bonds. The Morgan fingerprint density at radius 1 is 1.14 bits per heavy atom. The molecule has 0 spiro atoms. The Bertz CT molecular complexity index is 773. The summed E-state index contributed by atoms with van der Waals surface area (Å²) < 4.78 is 6.22. The third-order valence-electron chi connectivity index (χ3n) is 2.66. The van der Waals surface area contributed by atoms with Gasteiger partial charge in [0.25, 0.3) is 5.91 Å². The van der Waals surface area contributed by atoms with E-state index in [0.717, 1.165) is 10.0 Å². The van der Waals surface area contributed by atoms with Crippen LogP contribution in [-0.2, 0) is 0 Å². The van der Waals surface area contributed by atoms with Crippen molar-refractivity contribution in [2.24, 2.45) is 0 Å². The maximum absolute atomic E-state index is 12.0. The Kier molecular flexibility index (Phi) is 3.74. The predicted octanol–water partition coefficient (Wildman–Crippen LogP) is 3.15. The number of halogens is 1. The van der Waals surface area contributed by atoms with E-state index < -0.39 is 0 Å². The number of anilines is 1. The smallest absolute Gasteiger partial charge is 0.322 e. The summed E-state index contributed by atoms with van der Waals surface area (Å²) in [5.41, 5.74) is 1.23. The lowest BCUT2D eigenvalue weighted by molar-refractivity contribution is 0.102. The number of rotatable bonds is 3. The van der Waals surface area contributed by atoms with Gasteiger partial charge in [-0.15, -0.1) is 5.10 Å². The predicted molar refractivity (Wildman–Crippen MR) is 79.6 cm³/mol. The highest BCUT2D eigenvalue weighted by atomic mass is 79.9. The van der Waals surface area contributed by atoms with Crippen LogP contribution < -0.4 is 5.32 Å². The lowest BCUT2D eigenvalue weighted by Gasteiger charge is -2.00. The molecule has 0 atom stereocenters. The number of nitrogens with zero attached hydrogens (tertiary/aromatic N) is 3. The minimum atomic E-state index is -0.318. The number of carbonyl (C=O) groups is 1. The molecule has 3 rings (SSSR count). The van der Waals surface area contributed by atoms with Crippen molar-refractivity contribution in [3.8, 4) is 11.5 Å². The first kappa shape index (κ1) is 13.4. The van der Waals surface area contributed by atoms with Crippen molar-refractivity contribution in [3.05, 3.63) is 58.8 Å². The van der Waals surface area contributed by atoms with Gasteiger partial charge in [0.05, 0.1) is 0 Å². The minimum Gasteiger partial charge on any atom is -0.403 e. The van der Waals surface area contributed by atoms with E-state index in [1.165, 1.54) is 0 Å². The third-order valence-corrected chi connectivity index (χ3v) is 3.15. The summed E-state index contributed by atoms with van der Waals surface area (Å²) in [5.74, 6) is 0.00294. The van der Waals surface area contributed by atoms with Crippen LogP contribution in [0.4, 0.5) is 6.01 Å². The minimum absolute atomic E-state index is 0.0480. The fraction of sp³-hybridized carbons (Fsp3) is 0. The second kappa shape index (κ2) is 5.84. The number of benzene rings is 1. The van der Waals surface area contributed by atoms with E-state index in [2.05, 4.69) is 36.4 Å². The fourth-order valence-corrected chi connectivity index (χ4v) is 2.08. The van der Waals surface area contributed by atoms with Gasteiger partial charge in [0.2, 0.25) is 5.89 Å². The second-order valence-electron chi connectivity index (χ2n) is 4.11. The number of aromatic nitrogens is 3. The highest BCUT2D eigenvalue weighted by Gasteiger charge is 2.12. The van der Waals surface area contributed by atoms with Crippen molar-refractivity contribution >= 4 is 27.9 Å². The zero-order chi connectivity index (χ0) is 14.7. The van der Waals surface area contributed by atoms with Gasteiger partial charge in [0.1, 0.15) is 0 Å². The van der Waals surface area contributed by atoms with E-state index in [4.69, 9.17) is 4.42 Å². The van der Waals surface area contributed by atoms with Crippen molar-refractivity contribution in [1.29, 1.82) is 0 Å². The first-order valence-electron chi connectivity index (χ1n) is 6.03. The Morgan fingerprint density at radius 3 is 2.71 bits per heavy atom. The Hall–Kier alpha value is -2.54. The Balaban J connectivity index is 1.77. The molecule has 0 aliphatic carbocycles. The molecule has 0 saturated carbocycles. The Morgan fingerprint density at radius 2 is 1.95 bits per heavy atom. The normalized spacial score (nSPS) is 10.3. The maximum Gasteiger partial charge on any atom is 0.322 e. The molecule has 0 bridgehead atoms. The van der Waals surface area contributed by atoms with Crippen LogP contribution in [0.25, 0.3) is 11.5 Å². The molecular formula is C14H9BrN4O2. The van der Waals surface area contributed by atoms with Crippen LogP contribution in [0.15, 0.2) is 57.7 Å². The molecule has 104 valence electrons. The van der Waals surface area contributed by atoms with E-state index in [9.17, 15) is 4.79 Å². The van der Waals surface area contributed by atoms with Crippen molar-refractivity contribution in [1.82, 2.24) is 15.2 Å². The van der Waals surface area contributed by atoms with E-state index >= 15 is 0 Å². The topological polar surface area (TPSA) is 80.9 Å². The van der Waals surface area contributed by atoms with Crippen LogP contribution in [0.3, 0.4) is 0 Å². The van der Waals surface area contributed by atoms with Crippen molar-refractivity contribution in [3.63, 3.8) is 0 Å². The average molecular weight is 345 g/mol. The van der Waals surface area contributed by atoms with Gasteiger partial charge in [-0.2, -0.15) is 0 Å². The Labute approximate surface area is 128 Å². The number of hydrogen-bond donors (Lipinski definition) is 1. The number of amides is 1. The fourth-order valence-electron chi connectivity index (χ4n) is 1.68.